The Morgan fingerprint density at radius 3 is 1.76 bits per heavy atom. The van der Waals surface area contributed by atoms with Crippen LogP contribution >= 0.6 is 0 Å². The van der Waals surface area contributed by atoms with Gasteiger partial charge in [-0.1, -0.05) is 0 Å². The van der Waals surface area contributed by atoms with Crippen molar-refractivity contribution in [1.29, 1.82) is 0 Å². The van der Waals surface area contributed by atoms with Gasteiger partial charge in [0, 0.05) is 35.4 Å². The minimum absolute atomic E-state index is 0.0108. The summed E-state index contributed by atoms with van der Waals surface area (Å²) in [6.45, 7) is 0. The number of aliphatic hydroxyl groups excluding tert-OH is 1. The van der Waals surface area contributed by atoms with Crippen LogP contribution in [0.3, 0.4) is 0 Å². The molecule has 12 nitrogen and oxygen atoms in total. The predicted molar refractivity (Wildman–Crippen MR) is 145 cm³/mol. The van der Waals surface area contributed by atoms with Gasteiger partial charge in [0.05, 0.1) is 22.8 Å². The second kappa shape index (κ2) is 9.13. The molecule has 4 aromatic carbocycles. The molecule has 2 heterocycles. The van der Waals surface area contributed by atoms with Crippen LogP contribution in [0.15, 0.2) is 66.4 Å². The van der Waals surface area contributed by atoms with Crippen molar-refractivity contribution in [1.82, 2.24) is 0 Å². The smallest absolute Gasteiger partial charge is 0.408 e. The van der Waals surface area contributed by atoms with E-state index < -0.39 is 74.5 Å². The van der Waals surface area contributed by atoms with Crippen LogP contribution < -0.4 is 4.74 Å². The number of allylic oxidation sites excluding steroid dienone is 2. The van der Waals surface area contributed by atoms with Crippen molar-refractivity contribution in [2.45, 2.75) is 0 Å². The summed E-state index contributed by atoms with van der Waals surface area (Å²) in [6.07, 6.45) is 0. The zero-order valence-electron chi connectivity index (χ0n) is 21.0. The molecular weight excluding hydrogens is 552 g/mol. The second-order valence-electron chi connectivity index (χ2n) is 9.37. The Balaban J connectivity index is 1.75. The number of phenolic OH excluding ortho intramolecular Hbond substituents is 8. The van der Waals surface area contributed by atoms with Gasteiger partial charge in [-0.25, -0.2) is 4.42 Å². The fourth-order valence-electron chi connectivity index (χ4n) is 4.81. The zero-order valence-corrected chi connectivity index (χ0v) is 21.0. The van der Waals surface area contributed by atoms with E-state index in [-0.39, 0.29) is 39.5 Å². The van der Waals surface area contributed by atoms with Gasteiger partial charge >= 0.3 is 11.5 Å². The standard InChI is InChI=1S/C30H18O12/c31-13-7-19(37)23-21(9-13)41-29(11-1-3-15(33)17(35)5-11)27(39)25(23)26-24-20(38)8-14(32)10-22(24)42-30(28(26)40)12-2-4-16(34)18(36)6-12/h1-10H,(H8-,31,32,33,34,35,36,37,38,39,40)/p+1. The molecule has 0 bridgehead atoms. The van der Waals surface area contributed by atoms with Crippen molar-refractivity contribution < 1.29 is 59.9 Å². The van der Waals surface area contributed by atoms with Gasteiger partial charge in [-0.05, 0) is 30.3 Å². The van der Waals surface area contributed by atoms with Gasteiger partial charge in [0.1, 0.15) is 34.3 Å². The topological polar surface area (TPSA) is 220 Å². The van der Waals surface area contributed by atoms with E-state index in [9.17, 15) is 50.8 Å². The second-order valence-corrected chi connectivity index (χ2v) is 9.37. The first kappa shape index (κ1) is 26.0. The molecule has 0 saturated carbocycles. The third kappa shape index (κ3) is 3.93. The van der Waals surface area contributed by atoms with Crippen molar-refractivity contribution in [3.8, 4) is 57.5 Å². The van der Waals surface area contributed by atoms with Crippen LogP contribution in [0.5, 0.6) is 57.5 Å². The molecule has 210 valence electrons. The summed E-state index contributed by atoms with van der Waals surface area (Å²) in [7, 11) is 0. The largest absolute Gasteiger partial charge is 0.508 e. The summed E-state index contributed by atoms with van der Waals surface area (Å²) in [5, 5.41) is 93.5. The molecule has 2 aliphatic rings. The lowest BCUT2D eigenvalue weighted by atomic mass is 9.83. The lowest BCUT2D eigenvalue weighted by molar-refractivity contribution is -0.172. The van der Waals surface area contributed by atoms with Crippen LogP contribution in [-0.4, -0.2) is 57.5 Å². The van der Waals surface area contributed by atoms with E-state index in [4.69, 9.17) is 9.16 Å². The Bertz CT molecular complexity index is 1970. The lowest BCUT2D eigenvalue weighted by Gasteiger charge is -2.26. The minimum Gasteiger partial charge on any atom is -0.508 e. The molecule has 0 unspecified atom stereocenters. The Morgan fingerprint density at radius 1 is 0.548 bits per heavy atom. The van der Waals surface area contributed by atoms with Crippen LogP contribution in [0.25, 0.3) is 16.9 Å². The van der Waals surface area contributed by atoms with Crippen molar-refractivity contribution in [2.24, 2.45) is 0 Å². The Labute approximate surface area is 234 Å². The number of carbonyl (C=O) groups is 1. The average Bonchev–Trinajstić information content (AvgIpc) is 2.92. The van der Waals surface area contributed by atoms with Gasteiger partial charge in [-0.15, -0.1) is 0 Å². The molecule has 42 heavy (non-hydrogen) atoms. The number of aromatic hydroxyl groups is 8. The van der Waals surface area contributed by atoms with E-state index >= 15 is 0 Å². The monoisotopic (exact) mass is 571 g/mol. The molecule has 0 fully saturated rings. The summed E-state index contributed by atoms with van der Waals surface area (Å²) >= 11 is 0. The van der Waals surface area contributed by atoms with Crippen LogP contribution in [0.4, 0.5) is 0 Å². The average molecular weight is 571 g/mol. The maximum Gasteiger partial charge on any atom is 0.408 e. The number of aliphatic hydroxyl groups is 1. The van der Waals surface area contributed by atoms with E-state index in [2.05, 4.69) is 0 Å². The third-order valence-corrected chi connectivity index (χ3v) is 6.67. The molecular formula is C30H19O12+. The number of Topliss-reactive ketones (excluding diaryl/α,β-unsaturated/α-hetero) is 1. The van der Waals surface area contributed by atoms with Crippen molar-refractivity contribution >= 4 is 28.5 Å². The molecule has 0 amide bonds. The number of ether oxygens (including phenoxy) is 1. The number of phenols is 8. The molecule has 0 aliphatic carbocycles. The fraction of sp³-hybridized carbons (Fsp3) is 0. The van der Waals surface area contributed by atoms with E-state index in [1.165, 1.54) is 12.1 Å². The summed E-state index contributed by atoms with van der Waals surface area (Å²) < 4.78 is 11.5. The number of ketones is 2. The van der Waals surface area contributed by atoms with Crippen LogP contribution in [0, 0.1) is 0 Å². The van der Waals surface area contributed by atoms with Crippen molar-refractivity contribution in [3.05, 3.63) is 88.7 Å². The molecule has 4 aromatic rings. The number of carbonyl (C=O) groups excluding carboxylic acids is 2. The van der Waals surface area contributed by atoms with Gasteiger partial charge in [-0.3, -0.25) is 4.79 Å². The molecule has 0 aromatic heterocycles. The maximum absolute atomic E-state index is 14.2. The van der Waals surface area contributed by atoms with E-state index in [1.54, 1.807) is 0 Å². The Kier molecular flexibility index (Phi) is 5.64. The molecule has 2 aliphatic heterocycles. The van der Waals surface area contributed by atoms with E-state index in [0.29, 0.717) is 0 Å². The quantitative estimate of drug-likeness (QED) is 0.0715. The summed E-state index contributed by atoms with van der Waals surface area (Å²) in [4.78, 5) is 14.2. The molecule has 0 saturated heterocycles. The number of hydrogen-bond donors (Lipinski definition) is 9. The van der Waals surface area contributed by atoms with Gasteiger partial charge in [0.2, 0.25) is 0 Å². The van der Waals surface area contributed by atoms with E-state index in [1.807, 2.05) is 0 Å². The van der Waals surface area contributed by atoms with Gasteiger partial charge in [-0.2, -0.15) is 0 Å². The number of benzene rings is 4. The number of hydrogen-bond acceptors (Lipinski definition) is 11. The lowest BCUT2D eigenvalue weighted by Crippen LogP contribution is -2.23. The van der Waals surface area contributed by atoms with Gasteiger partial charge < -0.3 is 50.7 Å². The normalized spacial score (nSPS) is 16.0. The SMILES string of the molecule is O=C1C(c2ccc(O)c(O)c2)=[O+]c2cc(O)cc(O)c2C1=C1C(O)=C(c2ccc(O)c(O)c2)Oc2cc(O)cc(O)c21. The molecule has 0 radical (unpaired) electrons. The fourth-order valence-corrected chi connectivity index (χ4v) is 4.81. The van der Waals surface area contributed by atoms with E-state index in [0.717, 1.165) is 48.5 Å². The highest BCUT2D eigenvalue weighted by atomic mass is 16.5. The number of rotatable bonds is 2. The number of fused-ring (bicyclic) bond motifs is 2. The highest BCUT2D eigenvalue weighted by Gasteiger charge is 2.45. The Hall–Kier alpha value is -6.30. The van der Waals surface area contributed by atoms with Gasteiger partial charge in [0.25, 0.3) is 5.78 Å². The molecule has 0 spiro atoms. The molecule has 9 N–H and O–H groups in total. The third-order valence-electron chi connectivity index (χ3n) is 6.67. The first-order valence-electron chi connectivity index (χ1n) is 12.1. The highest BCUT2D eigenvalue weighted by molar-refractivity contribution is 6.61. The minimum atomic E-state index is -0.969. The van der Waals surface area contributed by atoms with Crippen LogP contribution in [0.2, 0.25) is 0 Å². The zero-order chi connectivity index (χ0) is 30.0. The first-order valence-corrected chi connectivity index (χ1v) is 12.1. The first-order chi connectivity index (χ1) is 19.9. The van der Waals surface area contributed by atoms with Crippen LogP contribution in [0.1, 0.15) is 26.7 Å². The molecule has 12 heteroatoms. The molecule has 0 atom stereocenters. The highest BCUT2D eigenvalue weighted by Crippen LogP contribution is 2.53. The van der Waals surface area contributed by atoms with Crippen molar-refractivity contribution in [3.63, 3.8) is 0 Å². The van der Waals surface area contributed by atoms with Gasteiger partial charge in [0.15, 0.2) is 34.5 Å². The molecule has 6 rings (SSSR count). The van der Waals surface area contributed by atoms with Crippen LogP contribution in [-0.2, 0) is 4.79 Å². The Morgan fingerprint density at radius 2 is 1.12 bits per heavy atom. The summed E-state index contributed by atoms with van der Waals surface area (Å²) in [5.74, 6) is -7.31. The summed E-state index contributed by atoms with van der Waals surface area (Å²) in [5.41, 5.74) is -1.42. The summed E-state index contributed by atoms with van der Waals surface area (Å²) in [6, 6.07) is 10.9. The predicted octanol–water partition coefficient (Wildman–Crippen LogP) is 4.28. The maximum atomic E-state index is 14.2. The van der Waals surface area contributed by atoms with Crippen molar-refractivity contribution in [2.75, 3.05) is 0 Å².